The smallest absolute Gasteiger partial charge is 0.364 e. The van der Waals surface area contributed by atoms with Gasteiger partial charge in [-0.05, 0) is 106 Å². The van der Waals surface area contributed by atoms with Crippen molar-refractivity contribution in [3.05, 3.63) is 41.5 Å². The maximum Gasteiger partial charge on any atom is 2.00 e. The first-order valence-corrected chi connectivity index (χ1v) is 16.4. The van der Waals surface area contributed by atoms with Crippen LogP contribution in [0.1, 0.15) is 88.0 Å². The minimum Gasteiger partial charge on any atom is -0.364 e. The van der Waals surface area contributed by atoms with Gasteiger partial charge in [0.05, 0.1) is 0 Å². The van der Waals surface area contributed by atoms with Gasteiger partial charge < -0.3 is 61.1 Å². The molecule has 0 aromatic rings. The van der Waals surface area contributed by atoms with Crippen molar-refractivity contribution in [3.8, 4) is 0 Å². The van der Waals surface area contributed by atoms with Gasteiger partial charge in [0.25, 0.3) is 0 Å². The van der Waals surface area contributed by atoms with Gasteiger partial charge >= 0.3 is 55.7 Å². The average molecular weight is 726 g/mol. The molecular formula is C37H72N4V3. The average Bonchev–Trinajstić information content (AvgIpc) is 3.30. The van der Waals surface area contributed by atoms with E-state index in [1.165, 1.54) is 52.0 Å². The molecule has 5 fully saturated rings. The van der Waals surface area contributed by atoms with Crippen molar-refractivity contribution in [3.63, 3.8) is 0 Å². The standard InChI is InChI=1S/C11H21N.C10H19N.C9H17N.C6H11N.CH4.3V/c1-5-6-11(4)7-8-12(9-11)10(2)3;1-5-10(4)6-7-11(8-10)9(2)3;1-6(2)10-4-8-7(3)9(8)5-10;1-6(2)4-7(3)5-6;;;;/h10H,1,4-9H2,2-3H3;9H,1,4-8H2,2-3H3;6-9H,4-5H2,1-3H3;1-2,4-5H2,3H3;1H4;;;/q2*-2;;-2;;3*+2. The number of hydrogen-bond donors (Lipinski definition) is 0. The van der Waals surface area contributed by atoms with Crippen LogP contribution in [-0.4, -0.2) is 97.1 Å². The minimum atomic E-state index is 0. The number of fused-ring (bicyclic) bond motifs is 1. The molecule has 5 aliphatic rings. The third kappa shape index (κ3) is 15.9. The van der Waals surface area contributed by atoms with Gasteiger partial charge in [-0.1, -0.05) is 27.2 Å². The molecule has 0 aromatic heterocycles. The fourth-order valence-electron chi connectivity index (χ4n) is 6.98. The predicted octanol–water partition coefficient (Wildman–Crippen LogP) is 7.49. The molecule has 0 spiro atoms. The summed E-state index contributed by atoms with van der Waals surface area (Å²) in [6.07, 6.45) is 5.64. The topological polar surface area (TPSA) is 13.0 Å². The molecule has 0 amide bonds. The van der Waals surface area contributed by atoms with E-state index in [1.807, 2.05) is 0 Å². The molecule has 4 aliphatic heterocycles. The molecule has 1 aliphatic carbocycles. The Labute approximate surface area is 314 Å². The van der Waals surface area contributed by atoms with Crippen LogP contribution in [0.15, 0.2) is 0 Å². The molecule has 3 radical (unpaired) electrons. The van der Waals surface area contributed by atoms with Crippen molar-refractivity contribution in [2.75, 3.05) is 59.4 Å². The van der Waals surface area contributed by atoms with Crippen LogP contribution in [-0.2, 0) is 55.7 Å². The number of piperidine rings is 1. The molecule has 0 N–H and O–H groups in total. The Kier molecular flexibility index (Phi) is 24.6. The third-order valence-electron chi connectivity index (χ3n) is 10.2. The van der Waals surface area contributed by atoms with Gasteiger partial charge in [-0.15, -0.1) is 11.8 Å². The minimum absolute atomic E-state index is 0. The second kappa shape index (κ2) is 21.6. The summed E-state index contributed by atoms with van der Waals surface area (Å²) >= 11 is 0. The predicted molar refractivity (Wildman–Crippen MR) is 183 cm³/mol. The normalized spacial score (nSPS) is 32.2. The monoisotopic (exact) mass is 725 g/mol. The number of hydrogen-bond acceptors (Lipinski definition) is 4. The van der Waals surface area contributed by atoms with Crippen LogP contribution >= 0.6 is 0 Å². The van der Waals surface area contributed by atoms with Crippen LogP contribution in [0.5, 0.6) is 0 Å². The summed E-state index contributed by atoms with van der Waals surface area (Å²) in [5.74, 6) is 3.19. The summed E-state index contributed by atoms with van der Waals surface area (Å²) in [7, 11) is 2.08. The number of likely N-dealkylation sites (tertiary alicyclic amines) is 4. The Hall–Kier alpha value is 1.59. The van der Waals surface area contributed by atoms with Gasteiger partial charge in [-0.3, -0.25) is 5.41 Å². The number of rotatable bonds is 6. The zero-order valence-electron chi connectivity index (χ0n) is 29.5. The summed E-state index contributed by atoms with van der Waals surface area (Å²) in [6.45, 7) is 49.7. The first-order chi connectivity index (χ1) is 18.4. The molecule has 0 bridgehead atoms. The SMILES string of the molecule is C.CC1C2CN(C(C)C)CC12.[CH2-]C1([CH2-])CN(C)C1.[CH2-]CC1([CH2-])CCN(C(C)C)C1.[CH2-]CCC1([CH2-])CCN(C(C)C)C1.[V+2].[V+2].[V+2]. The van der Waals surface area contributed by atoms with Crippen LogP contribution in [0.3, 0.4) is 0 Å². The van der Waals surface area contributed by atoms with E-state index >= 15 is 0 Å². The molecule has 7 heteroatoms. The van der Waals surface area contributed by atoms with Gasteiger partial charge in [0.1, 0.15) is 0 Å². The summed E-state index contributed by atoms with van der Waals surface area (Å²) in [4.78, 5) is 9.82. The third-order valence-corrected chi connectivity index (χ3v) is 10.2. The van der Waals surface area contributed by atoms with Crippen molar-refractivity contribution in [1.82, 2.24) is 19.6 Å². The van der Waals surface area contributed by atoms with E-state index in [-0.39, 0.29) is 73.9 Å². The van der Waals surface area contributed by atoms with Crippen LogP contribution in [0, 0.1) is 75.5 Å². The second-order valence-electron chi connectivity index (χ2n) is 15.4. The summed E-state index contributed by atoms with van der Waals surface area (Å²) in [6, 6.07) is 2.13. The van der Waals surface area contributed by atoms with Crippen molar-refractivity contribution in [1.29, 1.82) is 0 Å². The molecule has 1 saturated carbocycles. The van der Waals surface area contributed by atoms with Gasteiger partial charge in [-0.25, -0.2) is 6.42 Å². The Balaban J connectivity index is -0.000000501. The maximum absolute atomic E-state index is 4.31. The molecule has 4 unspecified atom stereocenters. The summed E-state index contributed by atoms with van der Waals surface area (Å²) in [5, 5.41) is 0. The molecule has 4 atom stereocenters. The van der Waals surface area contributed by atoms with Crippen LogP contribution in [0.2, 0.25) is 0 Å². The van der Waals surface area contributed by atoms with E-state index in [9.17, 15) is 0 Å². The van der Waals surface area contributed by atoms with Crippen LogP contribution in [0.25, 0.3) is 0 Å². The largest absolute Gasteiger partial charge is 2.00 e. The molecule has 0 aromatic carbocycles. The second-order valence-corrected chi connectivity index (χ2v) is 15.4. The van der Waals surface area contributed by atoms with Gasteiger partial charge in [0.2, 0.25) is 0 Å². The van der Waals surface area contributed by atoms with Gasteiger partial charge in [0.15, 0.2) is 0 Å². The zero-order valence-corrected chi connectivity index (χ0v) is 33.7. The van der Waals surface area contributed by atoms with Crippen molar-refractivity contribution < 1.29 is 55.7 Å². The van der Waals surface area contributed by atoms with Gasteiger partial charge in [0, 0.05) is 31.2 Å². The Morgan fingerprint density at radius 2 is 1.05 bits per heavy atom. The Bertz CT molecular complexity index is 728. The quantitative estimate of drug-likeness (QED) is 0.264. The van der Waals surface area contributed by atoms with E-state index in [2.05, 4.69) is 117 Å². The Morgan fingerprint density at radius 1 is 0.659 bits per heavy atom. The van der Waals surface area contributed by atoms with E-state index in [1.54, 1.807) is 0 Å². The molecule has 4 nitrogen and oxygen atoms in total. The molecule has 4 heterocycles. The maximum atomic E-state index is 4.31. The van der Waals surface area contributed by atoms with E-state index in [4.69, 9.17) is 0 Å². The first kappa shape index (κ1) is 50.0. The Morgan fingerprint density at radius 3 is 1.30 bits per heavy atom. The van der Waals surface area contributed by atoms with E-state index < -0.39 is 0 Å². The fourth-order valence-corrected chi connectivity index (χ4v) is 6.98. The number of nitrogens with zero attached hydrogens (tertiary/aromatic N) is 4. The fraction of sp³-hybridized carbons (Fsp3) is 0.838. The van der Waals surface area contributed by atoms with Crippen LogP contribution in [0.4, 0.5) is 0 Å². The molecule has 5 rings (SSSR count). The zero-order chi connectivity index (χ0) is 30.5. The van der Waals surface area contributed by atoms with Crippen molar-refractivity contribution in [2.45, 2.75) is 106 Å². The van der Waals surface area contributed by atoms with Crippen molar-refractivity contribution >= 4 is 0 Å². The van der Waals surface area contributed by atoms with E-state index in [0.717, 1.165) is 56.3 Å². The summed E-state index contributed by atoms with van der Waals surface area (Å²) in [5.41, 5.74) is 0.686. The van der Waals surface area contributed by atoms with Crippen molar-refractivity contribution in [2.24, 2.45) is 34.0 Å². The summed E-state index contributed by atoms with van der Waals surface area (Å²) < 4.78 is 0. The van der Waals surface area contributed by atoms with Crippen LogP contribution < -0.4 is 0 Å². The molecule has 44 heavy (non-hydrogen) atoms. The van der Waals surface area contributed by atoms with E-state index in [0.29, 0.717) is 17.5 Å². The van der Waals surface area contributed by atoms with Gasteiger partial charge in [-0.2, -0.15) is 11.8 Å². The molecule has 255 valence electrons. The first-order valence-electron chi connectivity index (χ1n) is 16.4. The molecular weight excluding hydrogens is 653 g/mol. The molecule has 4 saturated heterocycles.